The van der Waals surface area contributed by atoms with E-state index in [0.29, 0.717) is 27.4 Å². The highest BCUT2D eigenvalue weighted by molar-refractivity contribution is 7.13. The highest BCUT2D eigenvalue weighted by atomic mass is 32.1. The highest BCUT2D eigenvalue weighted by Gasteiger charge is 2.49. The van der Waals surface area contributed by atoms with Crippen molar-refractivity contribution in [3.63, 3.8) is 0 Å². The second-order valence-corrected chi connectivity index (χ2v) is 11.3. The molecule has 3 aromatic heterocycles. The van der Waals surface area contributed by atoms with Crippen LogP contribution in [0, 0.1) is 0 Å². The number of hydrogen-bond donors (Lipinski definition) is 1. The fraction of sp³-hybridized carbons (Fsp3) is 0.345. The molecule has 14 heteroatoms. The topological polar surface area (TPSA) is 127 Å². The Morgan fingerprint density at radius 3 is 2.72 bits per heavy atom. The summed E-state index contributed by atoms with van der Waals surface area (Å²) >= 11 is 1.06. The Hall–Kier alpha value is -4.59. The predicted octanol–water partition coefficient (Wildman–Crippen LogP) is 4.07. The van der Waals surface area contributed by atoms with Crippen molar-refractivity contribution in [2.24, 2.45) is 0 Å². The van der Waals surface area contributed by atoms with Gasteiger partial charge in [0.1, 0.15) is 40.9 Å². The Kier molecular flexibility index (Phi) is 7.82. The van der Waals surface area contributed by atoms with Gasteiger partial charge in [-0.15, -0.1) is 11.3 Å². The van der Waals surface area contributed by atoms with E-state index in [9.17, 15) is 23.2 Å². The lowest BCUT2D eigenvalue weighted by molar-refractivity contribution is -0.137. The fourth-order valence-electron chi connectivity index (χ4n) is 4.54. The normalized spacial score (nSPS) is 16.8. The first-order chi connectivity index (χ1) is 20.3. The molecule has 1 N–H and O–H groups in total. The number of thiazole rings is 1. The van der Waals surface area contributed by atoms with Gasteiger partial charge in [-0.3, -0.25) is 19.4 Å². The van der Waals surface area contributed by atoms with Gasteiger partial charge in [0.2, 0.25) is 17.6 Å². The SMILES string of the molecule is COc1cccnc1CNC(=O)[C@@]1(C)COc2c(oc3cc(-c4nc(C(C)(F)F)cs4)ccc23)C(=O)N1CC(=O)N(C)C. The van der Waals surface area contributed by atoms with E-state index in [1.165, 1.54) is 24.3 Å². The van der Waals surface area contributed by atoms with E-state index in [0.717, 1.165) is 23.2 Å². The number of nitrogens with zero attached hydrogens (tertiary/aromatic N) is 4. The molecule has 11 nitrogen and oxygen atoms in total. The third-order valence-electron chi connectivity index (χ3n) is 7.14. The van der Waals surface area contributed by atoms with Crippen LogP contribution in [-0.2, 0) is 22.1 Å². The number of methoxy groups -OCH3 is 1. The summed E-state index contributed by atoms with van der Waals surface area (Å²) in [4.78, 5) is 51.3. The van der Waals surface area contributed by atoms with Crippen LogP contribution in [0.25, 0.3) is 21.5 Å². The zero-order valence-electron chi connectivity index (χ0n) is 24.1. The second kappa shape index (κ2) is 11.2. The number of hydrogen-bond acceptors (Lipinski definition) is 9. The van der Waals surface area contributed by atoms with Crippen LogP contribution in [-0.4, -0.2) is 77.4 Å². The molecule has 5 rings (SSSR count). The minimum absolute atomic E-state index is 0.000217. The van der Waals surface area contributed by atoms with Gasteiger partial charge in [-0.05, 0) is 31.2 Å². The average molecular weight is 614 g/mol. The van der Waals surface area contributed by atoms with Crippen LogP contribution in [0.5, 0.6) is 11.5 Å². The molecule has 0 bridgehead atoms. The Morgan fingerprint density at radius 2 is 2.05 bits per heavy atom. The summed E-state index contributed by atoms with van der Waals surface area (Å²) in [6.07, 6.45) is 1.56. The number of fused-ring (bicyclic) bond motifs is 3. The van der Waals surface area contributed by atoms with Crippen LogP contribution in [0.1, 0.15) is 35.8 Å². The summed E-state index contributed by atoms with van der Waals surface area (Å²) < 4.78 is 44.8. The maximum absolute atomic E-state index is 14.0. The number of nitrogens with one attached hydrogen (secondary N) is 1. The number of ether oxygens (including phenoxy) is 2. The molecule has 1 aliphatic heterocycles. The van der Waals surface area contributed by atoms with Gasteiger partial charge in [0.05, 0.1) is 19.0 Å². The number of rotatable bonds is 8. The fourth-order valence-corrected chi connectivity index (χ4v) is 5.44. The zero-order chi connectivity index (χ0) is 31.1. The Morgan fingerprint density at radius 1 is 1.28 bits per heavy atom. The minimum atomic E-state index is -3.09. The Bertz CT molecular complexity index is 1710. The molecule has 0 radical (unpaired) electrons. The summed E-state index contributed by atoms with van der Waals surface area (Å²) in [5.74, 6) is -4.42. The maximum atomic E-state index is 14.0. The van der Waals surface area contributed by atoms with Crippen molar-refractivity contribution in [1.82, 2.24) is 25.1 Å². The number of amides is 3. The van der Waals surface area contributed by atoms with Crippen LogP contribution in [0.2, 0.25) is 0 Å². The zero-order valence-corrected chi connectivity index (χ0v) is 24.9. The van der Waals surface area contributed by atoms with Crippen molar-refractivity contribution >= 4 is 40.0 Å². The van der Waals surface area contributed by atoms with E-state index in [-0.39, 0.29) is 35.9 Å². The van der Waals surface area contributed by atoms with Gasteiger partial charge in [0.25, 0.3) is 11.8 Å². The molecule has 3 amide bonds. The van der Waals surface area contributed by atoms with Crippen molar-refractivity contribution in [3.8, 4) is 22.1 Å². The lowest BCUT2D eigenvalue weighted by Crippen LogP contribution is -2.62. The molecule has 4 heterocycles. The molecule has 226 valence electrons. The second-order valence-electron chi connectivity index (χ2n) is 10.5. The molecule has 43 heavy (non-hydrogen) atoms. The molecular formula is C29H29F2N5O6S. The molecule has 0 fully saturated rings. The Labute approximate surface area is 249 Å². The standard InChI is InChI=1S/C29H29F2N5O6S/c1-28(27(39)33-12-18-19(40-5)7-6-10-32-18)15-41-23-17-9-8-16(25-34-21(14-43-25)29(2,30)31)11-20(17)42-24(23)26(38)36(28)13-22(37)35(3)4/h6-11,14H,12-13,15H2,1-5H3,(H,33,39)/t28-/m1/s1. The summed E-state index contributed by atoms with van der Waals surface area (Å²) in [6.45, 7) is 1.56. The van der Waals surface area contributed by atoms with Gasteiger partial charge < -0.3 is 29.0 Å². The third-order valence-corrected chi connectivity index (χ3v) is 8.04. The van der Waals surface area contributed by atoms with Crippen molar-refractivity contribution in [2.45, 2.75) is 31.9 Å². The highest BCUT2D eigenvalue weighted by Crippen LogP contribution is 2.41. The molecule has 0 saturated carbocycles. The van der Waals surface area contributed by atoms with E-state index in [2.05, 4.69) is 15.3 Å². The minimum Gasteiger partial charge on any atom is -0.495 e. The van der Waals surface area contributed by atoms with Gasteiger partial charge in [-0.25, -0.2) is 4.98 Å². The summed E-state index contributed by atoms with van der Waals surface area (Å²) in [5, 5.41) is 4.87. The van der Waals surface area contributed by atoms with E-state index in [1.807, 2.05) is 0 Å². The van der Waals surface area contributed by atoms with Gasteiger partial charge in [-0.2, -0.15) is 8.78 Å². The molecule has 4 aromatic rings. The molecule has 1 aliphatic rings. The van der Waals surface area contributed by atoms with Crippen molar-refractivity contribution in [2.75, 3.05) is 34.4 Å². The summed E-state index contributed by atoms with van der Waals surface area (Å²) in [6, 6.07) is 8.28. The van der Waals surface area contributed by atoms with Crippen LogP contribution < -0.4 is 14.8 Å². The van der Waals surface area contributed by atoms with Gasteiger partial charge in [-0.1, -0.05) is 6.07 Å². The number of alkyl halides is 2. The maximum Gasteiger partial charge on any atom is 0.295 e. The smallest absolute Gasteiger partial charge is 0.295 e. The number of likely N-dealkylation sites (N-methyl/N-ethyl adjacent to an activating group) is 1. The lowest BCUT2D eigenvalue weighted by Gasteiger charge is -2.37. The molecule has 0 aliphatic carbocycles. The third kappa shape index (κ3) is 5.61. The summed E-state index contributed by atoms with van der Waals surface area (Å²) in [7, 11) is 4.57. The van der Waals surface area contributed by atoms with Crippen molar-refractivity contribution in [1.29, 1.82) is 0 Å². The van der Waals surface area contributed by atoms with Gasteiger partial charge in [0.15, 0.2) is 11.3 Å². The monoisotopic (exact) mass is 613 g/mol. The predicted molar refractivity (Wildman–Crippen MR) is 153 cm³/mol. The quantitative estimate of drug-likeness (QED) is 0.315. The number of pyridine rings is 1. The Balaban J connectivity index is 1.49. The van der Waals surface area contributed by atoms with Crippen molar-refractivity contribution in [3.05, 3.63) is 59.1 Å². The number of furan rings is 1. The van der Waals surface area contributed by atoms with Crippen molar-refractivity contribution < 1.29 is 37.1 Å². The van der Waals surface area contributed by atoms with E-state index < -0.39 is 35.7 Å². The molecule has 0 unspecified atom stereocenters. The molecule has 0 saturated heterocycles. The largest absolute Gasteiger partial charge is 0.495 e. The lowest BCUT2D eigenvalue weighted by atomic mass is 9.99. The van der Waals surface area contributed by atoms with Gasteiger partial charge in [0, 0.05) is 38.2 Å². The first-order valence-corrected chi connectivity index (χ1v) is 14.0. The number of aromatic nitrogens is 2. The van der Waals surface area contributed by atoms with Crippen LogP contribution in [0.3, 0.4) is 0 Å². The van der Waals surface area contributed by atoms with E-state index in [1.54, 1.807) is 50.6 Å². The summed E-state index contributed by atoms with van der Waals surface area (Å²) in [5.41, 5.74) is -0.728. The number of carbonyl (C=O) groups is 3. The number of carbonyl (C=O) groups excluding carboxylic acids is 3. The first kappa shape index (κ1) is 29.9. The number of benzene rings is 1. The van der Waals surface area contributed by atoms with Crippen LogP contribution in [0.4, 0.5) is 8.78 Å². The molecule has 0 spiro atoms. The van der Waals surface area contributed by atoms with Crippen LogP contribution in [0.15, 0.2) is 46.3 Å². The number of halogens is 2. The van der Waals surface area contributed by atoms with Gasteiger partial charge >= 0.3 is 0 Å². The van der Waals surface area contributed by atoms with E-state index >= 15 is 0 Å². The van der Waals surface area contributed by atoms with E-state index in [4.69, 9.17) is 13.9 Å². The molecular weight excluding hydrogens is 584 g/mol. The molecule has 1 atom stereocenters. The first-order valence-electron chi connectivity index (χ1n) is 13.2. The molecule has 1 aromatic carbocycles. The average Bonchev–Trinajstić information content (AvgIpc) is 3.60. The van der Waals surface area contributed by atoms with Crippen LogP contribution >= 0.6 is 11.3 Å².